The Labute approximate surface area is 221 Å². The molecule has 0 bridgehead atoms. The molecule has 0 atom stereocenters. The molecule has 2 aromatic heterocycles. The minimum atomic E-state index is -0.727. The predicted octanol–water partition coefficient (Wildman–Crippen LogP) is 4.27. The van der Waals surface area contributed by atoms with Gasteiger partial charge in [-0.25, -0.2) is 18.1 Å². The normalized spacial score (nSPS) is 10.6. The Balaban J connectivity index is 1.42. The number of ether oxygens (including phenoxy) is 2. The maximum absolute atomic E-state index is 14.9. The number of anilines is 1. The van der Waals surface area contributed by atoms with Crippen molar-refractivity contribution in [3.63, 3.8) is 0 Å². The smallest absolute Gasteiger partial charge is 0.412 e. The van der Waals surface area contributed by atoms with Crippen LogP contribution in [0, 0.1) is 18.6 Å². The van der Waals surface area contributed by atoms with Crippen LogP contribution in [0.4, 0.5) is 19.3 Å². The van der Waals surface area contributed by atoms with Crippen LogP contribution < -0.4 is 25.4 Å². The van der Waals surface area contributed by atoms with Crippen molar-refractivity contribution in [1.29, 1.82) is 0 Å². The van der Waals surface area contributed by atoms with Crippen LogP contribution in [-0.4, -0.2) is 38.3 Å². The van der Waals surface area contributed by atoms with Crippen LogP contribution >= 0.6 is 12.2 Å². The zero-order chi connectivity index (χ0) is 27.2. The Morgan fingerprint density at radius 1 is 1.11 bits per heavy atom. The average molecular weight is 541 g/mol. The molecule has 2 heterocycles. The highest BCUT2D eigenvalue weighted by Crippen LogP contribution is 2.33. The number of fused-ring (bicyclic) bond motifs is 1. The molecule has 13 heteroatoms. The van der Waals surface area contributed by atoms with E-state index in [-0.39, 0.29) is 34.6 Å². The third-order valence-corrected chi connectivity index (χ3v) is 5.40. The highest BCUT2D eigenvalue weighted by molar-refractivity contribution is 7.80. The van der Waals surface area contributed by atoms with Crippen LogP contribution in [0.3, 0.4) is 0 Å². The number of hydrogen-bond donors (Lipinski definition) is 3. The van der Waals surface area contributed by atoms with E-state index < -0.39 is 23.6 Å². The van der Waals surface area contributed by atoms with Crippen LogP contribution in [0.5, 0.6) is 17.4 Å². The van der Waals surface area contributed by atoms with Gasteiger partial charge < -0.3 is 25.4 Å². The van der Waals surface area contributed by atoms with Crippen LogP contribution in [0.15, 0.2) is 55.0 Å². The van der Waals surface area contributed by atoms with Gasteiger partial charge >= 0.3 is 6.09 Å². The van der Waals surface area contributed by atoms with Crippen LogP contribution in [0.1, 0.15) is 18.1 Å². The molecular formula is C25H22F2N6O4S. The lowest BCUT2D eigenvalue weighted by atomic mass is 10.1. The minimum absolute atomic E-state index is 0.00811. The van der Waals surface area contributed by atoms with Crippen molar-refractivity contribution in [3.8, 4) is 17.4 Å². The van der Waals surface area contributed by atoms with Crippen molar-refractivity contribution in [2.24, 2.45) is 0 Å². The molecule has 10 nitrogen and oxygen atoms in total. The molecule has 0 unspecified atom stereocenters. The van der Waals surface area contributed by atoms with Crippen molar-refractivity contribution in [2.75, 3.05) is 11.9 Å². The number of aryl methyl sites for hydroxylation is 1. The fourth-order valence-electron chi connectivity index (χ4n) is 3.45. The number of rotatable bonds is 7. The lowest BCUT2D eigenvalue weighted by Crippen LogP contribution is -2.35. The quantitative estimate of drug-likeness (QED) is 0.298. The summed E-state index contributed by atoms with van der Waals surface area (Å²) in [4.78, 5) is 28.1. The highest BCUT2D eigenvalue weighted by Gasteiger charge is 2.19. The van der Waals surface area contributed by atoms with Gasteiger partial charge in [-0.2, -0.15) is 10.1 Å². The Kier molecular flexibility index (Phi) is 8.06. The van der Waals surface area contributed by atoms with E-state index >= 15 is 0 Å². The van der Waals surface area contributed by atoms with Crippen molar-refractivity contribution >= 4 is 40.5 Å². The lowest BCUT2D eigenvalue weighted by Gasteiger charge is -2.12. The minimum Gasteiger partial charge on any atom is -0.434 e. The van der Waals surface area contributed by atoms with E-state index in [2.05, 4.69) is 26.0 Å². The number of benzene rings is 2. The molecule has 4 rings (SSSR count). The first-order valence-electron chi connectivity index (χ1n) is 11.3. The van der Waals surface area contributed by atoms with E-state index in [9.17, 15) is 18.4 Å². The zero-order valence-electron chi connectivity index (χ0n) is 20.2. The second-order valence-corrected chi connectivity index (χ2v) is 8.36. The topological polar surface area (TPSA) is 119 Å². The fourth-order valence-corrected chi connectivity index (χ4v) is 3.68. The fraction of sp³-hybridized carbons (Fsp3) is 0.160. The summed E-state index contributed by atoms with van der Waals surface area (Å²) in [5.74, 6) is -1.38. The Hall–Kier alpha value is -4.65. The van der Waals surface area contributed by atoms with Crippen LogP contribution in [0.25, 0.3) is 5.52 Å². The molecule has 0 radical (unpaired) electrons. The van der Waals surface area contributed by atoms with Crippen molar-refractivity contribution < 1.29 is 27.8 Å². The number of hydrogen-bond acceptors (Lipinski definition) is 7. The first-order valence-corrected chi connectivity index (χ1v) is 11.8. The third-order valence-electron chi connectivity index (χ3n) is 5.20. The van der Waals surface area contributed by atoms with Gasteiger partial charge in [0.05, 0.1) is 12.6 Å². The molecule has 0 aliphatic rings. The molecular weight excluding hydrogens is 518 g/mol. The predicted molar refractivity (Wildman–Crippen MR) is 138 cm³/mol. The number of aromatic nitrogens is 3. The van der Waals surface area contributed by atoms with E-state index in [1.54, 1.807) is 13.8 Å². The maximum atomic E-state index is 14.9. The SMILES string of the molecule is CCNC(=O)Oc1cn2ncnc(Oc3ccc(NC(=S)NC(=O)Cc4ccc(F)cc4)cc3F)c2c1C. The Morgan fingerprint density at radius 2 is 1.87 bits per heavy atom. The highest BCUT2D eigenvalue weighted by atomic mass is 32.1. The number of halogens is 2. The van der Waals surface area contributed by atoms with E-state index in [4.69, 9.17) is 21.7 Å². The van der Waals surface area contributed by atoms with Crippen LogP contribution in [0.2, 0.25) is 0 Å². The van der Waals surface area contributed by atoms with Gasteiger partial charge in [-0.05, 0) is 55.9 Å². The van der Waals surface area contributed by atoms with E-state index in [1.165, 1.54) is 53.4 Å². The number of amides is 2. The monoisotopic (exact) mass is 540 g/mol. The molecule has 4 aromatic rings. The number of nitrogens with one attached hydrogen (secondary N) is 3. The van der Waals surface area contributed by atoms with Gasteiger partial charge in [0.1, 0.15) is 17.7 Å². The van der Waals surface area contributed by atoms with E-state index in [1.807, 2.05) is 0 Å². The molecule has 3 N–H and O–H groups in total. The largest absolute Gasteiger partial charge is 0.434 e. The average Bonchev–Trinajstić information content (AvgIpc) is 3.18. The van der Waals surface area contributed by atoms with Gasteiger partial charge in [-0.3, -0.25) is 4.79 Å². The molecule has 2 amide bonds. The number of thiocarbonyl (C=S) groups is 1. The maximum Gasteiger partial charge on any atom is 0.412 e. The molecule has 0 fully saturated rings. The van der Waals surface area contributed by atoms with Crippen LogP contribution in [-0.2, 0) is 11.2 Å². The van der Waals surface area contributed by atoms with Crippen molar-refractivity contribution in [2.45, 2.75) is 20.3 Å². The summed E-state index contributed by atoms with van der Waals surface area (Å²) in [7, 11) is 0. The van der Waals surface area contributed by atoms with Gasteiger partial charge in [0.15, 0.2) is 22.4 Å². The first-order chi connectivity index (χ1) is 18.2. The van der Waals surface area contributed by atoms with Crippen molar-refractivity contribution in [1.82, 2.24) is 25.2 Å². The standard InChI is InChI=1S/C25H22F2N6O4S/c1-3-28-25(35)37-20-12-33-22(14(20)2)23(29-13-30-33)36-19-9-8-17(11-18(19)27)31-24(38)32-21(34)10-15-4-6-16(26)7-5-15/h4-9,11-13H,3,10H2,1-2H3,(H,28,35)(H2,31,32,34,38). The molecule has 0 saturated heterocycles. The summed E-state index contributed by atoms with van der Waals surface area (Å²) in [5, 5.41) is 11.8. The molecule has 0 aliphatic carbocycles. The molecule has 0 spiro atoms. The first kappa shape index (κ1) is 26.4. The number of carbonyl (C=O) groups excluding carboxylic acids is 2. The van der Waals surface area contributed by atoms with E-state index in [0.29, 0.717) is 23.2 Å². The zero-order valence-corrected chi connectivity index (χ0v) is 21.1. The van der Waals surface area contributed by atoms with E-state index in [0.717, 1.165) is 6.07 Å². The molecule has 2 aromatic carbocycles. The molecule has 0 aliphatic heterocycles. The summed E-state index contributed by atoms with van der Waals surface area (Å²) in [6.45, 7) is 3.85. The Bertz CT molecular complexity index is 1510. The van der Waals surface area contributed by atoms with Gasteiger partial charge in [0.2, 0.25) is 11.8 Å². The number of nitrogens with zero attached hydrogens (tertiary/aromatic N) is 3. The second kappa shape index (κ2) is 11.6. The third kappa shape index (κ3) is 6.37. The lowest BCUT2D eigenvalue weighted by molar-refractivity contribution is -0.119. The second-order valence-electron chi connectivity index (χ2n) is 7.95. The summed E-state index contributed by atoms with van der Waals surface area (Å²) in [5.41, 5.74) is 1.79. The van der Waals surface area contributed by atoms with Gasteiger partial charge in [-0.1, -0.05) is 12.1 Å². The van der Waals surface area contributed by atoms with Gasteiger partial charge in [-0.15, -0.1) is 0 Å². The molecule has 196 valence electrons. The van der Waals surface area contributed by atoms with Gasteiger partial charge in [0, 0.05) is 23.9 Å². The van der Waals surface area contributed by atoms with Crippen molar-refractivity contribution in [3.05, 3.63) is 77.8 Å². The molecule has 38 heavy (non-hydrogen) atoms. The summed E-state index contributed by atoms with van der Waals surface area (Å²) < 4.78 is 40.3. The molecule has 0 saturated carbocycles. The summed E-state index contributed by atoms with van der Waals surface area (Å²) in [6, 6.07) is 9.52. The summed E-state index contributed by atoms with van der Waals surface area (Å²) in [6.07, 6.45) is 2.08. The Morgan fingerprint density at radius 3 is 2.58 bits per heavy atom. The summed E-state index contributed by atoms with van der Waals surface area (Å²) >= 11 is 5.13. The number of carbonyl (C=O) groups is 2. The van der Waals surface area contributed by atoms with Gasteiger partial charge in [0.25, 0.3) is 0 Å².